The Morgan fingerprint density at radius 3 is 2.13 bits per heavy atom. The fourth-order valence-electron chi connectivity index (χ4n) is 2.50. The molecule has 4 heteroatoms. The van der Waals surface area contributed by atoms with E-state index in [1.54, 1.807) is 4.90 Å². The largest absolute Gasteiger partial charge is 0.324 e. The number of hydrogen-bond acceptors (Lipinski definition) is 2. The van der Waals surface area contributed by atoms with Gasteiger partial charge in [0, 0.05) is 6.04 Å². The molecule has 0 spiro atoms. The molecular formula is C11H18N2O2. The van der Waals surface area contributed by atoms with E-state index in [9.17, 15) is 9.59 Å². The molecule has 1 aliphatic heterocycles. The SMILES string of the molecule is O=C1CN(C2CCCCCCC2)C(=O)N1. The number of imide groups is 1. The third-order valence-corrected chi connectivity index (χ3v) is 3.34. The molecule has 2 aliphatic rings. The van der Waals surface area contributed by atoms with Gasteiger partial charge in [-0.05, 0) is 12.8 Å². The molecule has 1 N–H and O–H groups in total. The zero-order valence-electron chi connectivity index (χ0n) is 9.00. The van der Waals surface area contributed by atoms with E-state index < -0.39 is 0 Å². The smallest absolute Gasteiger partial charge is 0.312 e. The zero-order chi connectivity index (χ0) is 10.7. The minimum absolute atomic E-state index is 0.151. The molecule has 0 unspecified atom stereocenters. The molecule has 0 aromatic heterocycles. The fourth-order valence-corrected chi connectivity index (χ4v) is 2.50. The predicted octanol–water partition coefficient (Wildman–Crippen LogP) is 1.65. The van der Waals surface area contributed by atoms with Crippen molar-refractivity contribution in [2.75, 3.05) is 6.54 Å². The summed E-state index contributed by atoms with van der Waals surface area (Å²) in [6.45, 7) is 0.267. The second-order valence-electron chi connectivity index (χ2n) is 4.48. The van der Waals surface area contributed by atoms with Crippen molar-refractivity contribution < 1.29 is 9.59 Å². The van der Waals surface area contributed by atoms with Crippen molar-refractivity contribution in [2.24, 2.45) is 0 Å². The van der Waals surface area contributed by atoms with E-state index in [-0.39, 0.29) is 24.5 Å². The van der Waals surface area contributed by atoms with Crippen LogP contribution in [0.15, 0.2) is 0 Å². The van der Waals surface area contributed by atoms with Crippen LogP contribution in [0.25, 0.3) is 0 Å². The van der Waals surface area contributed by atoms with E-state index in [0.717, 1.165) is 12.8 Å². The maximum atomic E-state index is 11.5. The van der Waals surface area contributed by atoms with Gasteiger partial charge in [-0.1, -0.05) is 32.1 Å². The minimum Gasteiger partial charge on any atom is -0.312 e. The molecule has 0 aromatic carbocycles. The average Bonchev–Trinajstić information content (AvgIpc) is 2.45. The second kappa shape index (κ2) is 4.64. The Kier molecular flexibility index (Phi) is 3.23. The van der Waals surface area contributed by atoms with Crippen LogP contribution in [0.4, 0.5) is 4.79 Å². The summed E-state index contributed by atoms with van der Waals surface area (Å²) in [7, 11) is 0. The molecule has 1 saturated heterocycles. The molecule has 0 aromatic rings. The molecule has 1 saturated carbocycles. The lowest BCUT2D eigenvalue weighted by atomic mass is 9.96. The standard InChI is InChI=1S/C11H18N2O2/c14-10-8-13(11(15)12-10)9-6-4-2-1-3-5-7-9/h9H,1-8H2,(H,12,14,15). The number of urea groups is 1. The number of rotatable bonds is 1. The Morgan fingerprint density at radius 2 is 1.60 bits per heavy atom. The molecule has 15 heavy (non-hydrogen) atoms. The van der Waals surface area contributed by atoms with Gasteiger partial charge in [-0.2, -0.15) is 0 Å². The molecule has 3 amide bonds. The van der Waals surface area contributed by atoms with E-state index >= 15 is 0 Å². The van der Waals surface area contributed by atoms with Gasteiger partial charge < -0.3 is 4.90 Å². The van der Waals surface area contributed by atoms with E-state index in [2.05, 4.69) is 5.32 Å². The number of amides is 3. The summed E-state index contributed by atoms with van der Waals surface area (Å²) in [5, 5.41) is 2.35. The van der Waals surface area contributed by atoms with Crippen LogP contribution in [0.1, 0.15) is 44.9 Å². The number of nitrogens with one attached hydrogen (secondary N) is 1. The van der Waals surface area contributed by atoms with Gasteiger partial charge in [0.15, 0.2) is 0 Å². The Labute approximate surface area is 90.0 Å². The maximum Gasteiger partial charge on any atom is 0.324 e. The third-order valence-electron chi connectivity index (χ3n) is 3.34. The summed E-state index contributed by atoms with van der Waals surface area (Å²) in [6, 6.07) is 0.0994. The first-order chi connectivity index (χ1) is 7.27. The molecule has 4 nitrogen and oxygen atoms in total. The van der Waals surface area contributed by atoms with Crippen molar-refractivity contribution in [1.29, 1.82) is 0 Å². The molecule has 0 radical (unpaired) electrons. The first-order valence-corrected chi connectivity index (χ1v) is 5.88. The Hall–Kier alpha value is -1.06. The lowest BCUT2D eigenvalue weighted by molar-refractivity contribution is -0.118. The number of nitrogens with zero attached hydrogens (tertiary/aromatic N) is 1. The number of carbonyl (C=O) groups is 2. The van der Waals surface area contributed by atoms with Crippen LogP contribution in [0.3, 0.4) is 0 Å². The zero-order valence-corrected chi connectivity index (χ0v) is 9.00. The summed E-state index contributed by atoms with van der Waals surface area (Å²) in [6.07, 6.45) is 8.32. The van der Waals surface area contributed by atoms with Gasteiger partial charge in [0.05, 0.1) is 0 Å². The number of carbonyl (C=O) groups excluding carboxylic acids is 2. The highest BCUT2D eigenvalue weighted by Crippen LogP contribution is 2.22. The molecule has 0 bridgehead atoms. The van der Waals surface area contributed by atoms with Crippen LogP contribution < -0.4 is 5.32 Å². The van der Waals surface area contributed by atoms with Gasteiger partial charge in [0.25, 0.3) is 0 Å². The van der Waals surface area contributed by atoms with Gasteiger partial charge in [0.2, 0.25) is 5.91 Å². The van der Waals surface area contributed by atoms with E-state index in [4.69, 9.17) is 0 Å². The first-order valence-electron chi connectivity index (χ1n) is 5.88. The highest BCUT2D eigenvalue weighted by atomic mass is 16.2. The van der Waals surface area contributed by atoms with E-state index in [0.29, 0.717) is 0 Å². The normalized spacial score (nSPS) is 24.9. The highest BCUT2D eigenvalue weighted by molar-refractivity contribution is 6.02. The molecule has 84 valence electrons. The van der Waals surface area contributed by atoms with Crippen LogP contribution in [-0.4, -0.2) is 29.4 Å². The Bertz CT molecular complexity index is 257. The van der Waals surface area contributed by atoms with Gasteiger partial charge in [-0.25, -0.2) is 4.79 Å². The summed E-state index contributed by atoms with van der Waals surface area (Å²) < 4.78 is 0. The van der Waals surface area contributed by atoms with Crippen molar-refractivity contribution in [3.63, 3.8) is 0 Å². The van der Waals surface area contributed by atoms with E-state index in [1.165, 1.54) is 32.1 Å². The van der Waals surface area contributed by atoms with Crippen LogP contribution in [0, 0.1) is 0 Å². The van der Waals surface area contributed by atoms with Crippen LogP contribution in [0.2, 0.25) is 0 Å². The molecule has 1 heterocycles. The summed E-state index contributed by atoms with van der Waals surface area (Å²) in [5.41, 5.74) is 0. The molecule has 1 aliphatic carbocycles. The average molecular weight is 210 g/mol. The van der Waals surface area contributed by atoms with Crippen molar-refractivity contribution >= 4 is 11.9 Å². The van der Waals surface area contributed by atoms with Crippen molar-refractivity contribution in [3.8, 4) is 0 Å². The van der Waals surface area contributed by atoms with Gasteiger partial charge >= 0.3 is 6.03 Å². The predicted molar refractivity (Wildman–Crippen MR) is 56.4 cm³/mol. The highest BCUT2D eigenvalue weighted by Gasteiger charge is 2.32. The van der Waals surface area contributed by atoms with Crippen LogP contribution >= 0.6 is 0 Å². The molecule has 0 atom stereocenters. The van der Waals surface area contributed by atoms with Crippen molar-refractivity contribution in [2.45, 2.75) is 51.0 Å². The van der Waals surface area contributed by atoms with Gasteiger partial charge in [0.1, 0.15) is 6.54 Å². The monoisotopic (exact) mass is 210 g/mol. The maximum absolute atomic E-state index is 11.5. The molecular weight excluding hydrogens is 192 g/mol. The second-order valence-corrected chi connectivity index (χ2v) is 4.48. The van der Waals surface area contributed by atoms with Crippen molar-refractivity contribution in [3.05, 3.63) is 0 Å². The van der Waals surface area contributed by atoms with Gasteiger partial charge in [-0.3, -0.25) is 10.1 Å². The van der Waals surface area contributed by atoms with Crippen molar-refractivity contribution in [1.82, 2.24) is 10.2 Å². The third kappa shape index (κ3) is 2.49. The number of hydrogen-bond donors (Lipinski definition) is 1. The molecule has 2 fully saturated rings. The van der Waals surface area contributed by atoms with Crippen LogP contribution in [-0.2, 0) is 4.79 Å². The lowest BCUT2D eigenvalue weighted by Gasteiger charge is -2.27. The summed E-state index contributed by atoms with van der Waals surface area (Å²) >= 11 is 0. The van der Waals surface area contributed by atoms with Crippen LogP contribution in [0.5, 0.6) is 0 Å². The minimum atomic E-state index is -0.189. The fraction of sp³-hybridized carbons (Fsp3) is 0.818. The topological polar surface area (TPSA) is 49.4 Å². The van der Waals surface area contributed by atoms with E-state index in [1.807, 2.05) is 0 Å². The quantitative estimate of drug-likeness (QED) is 0.669. The Balaban J connectivity index is 1.95. The van der Waals surface area contributed by atoms with Gasteiger partial charge in [-0.15, -0.1) is 0 Å². The summed E-state index contributed by atoms with van der Waals surface area (Å²) in [5.74, 6) is -0.151. The Morgan fingerprint density at radius 1 is 1.00 bits per heavy atom. The first kappa shape index (κ1) is 10.5. The lowest BCUT2D eigenvalue weighted by Crippen LogP contribution is -2.38. The molecule has 2 rings (SSSR count). The summed E-state index contributed by atoms with van der Waals surface area (Å²) in [4.78, 5) is 24.3.